The summed E-state index contributed by atoms with van der Waals surface area (Å²) in [6, 6.07) is 4.65. The van der Waals surface area contributed by atoms with Crippen molar-refractivity contribution in [1.82, 2.24) is 5.32 Å². The Morgan fingerprint density at radius 2 is 2.33 bits per heavy atom. The van der Waals surface area contributed by atoms with E-state index in [-0.39, 0.29) is 16.6 Å². The maximum Gasteiger partial charge on any atom is 0.147 e. The molecule has 0 aliphatic carbocycles. The number of hydrogen-bond acceptors (Lipinski definition) is 2. The van der Waals surface area contributed by atoms with Crippen LogP contribution in [0, 0.1) is 5.82 Å². The second kappa shape index (κ2) is 4.47. The van der Waals surface area contributed by atoms with Gasteiger partial charge in [-0.3, -0.25) is 0 Å². The van der Waals surface area contributed by atoms with E-state index >= 15 is 0 Å². The molecular weight excluding hydrogens is 217 g/mol. The zero-order valence-corrected chi connectivity index (χ0v) is 8.97. The molecule has 0 spiro atoms. The smallest absolute Gasteiger partial charge is 0.147 e. The fraction of sp³-hybridized carbons (Fsp3) is 0.455. The lowest BCUT2D eigenvalue weighted by Gasteiger charge is -2.19. The van der Waals surface area contributed by atoms with Crippen LogP contribution in [0.4, 0.5) is 4.39 Å². The number of aliphatic hydroxyl groups is 1. The van der Waals surface area contributed by atoms with Crippen LogP contribution in [-0.4, -0.2) is 17.7 Å². The Kier molecular flexibility index (Phi) is 3.24. The molecule has 0 saturated carbocycles. The molecule has 15 heavy (non-hydrogen) atoms. The Morgan fingerprint density at radius 3 is 3.00 bits per heavy atom. The van der Waals surface area contributed by atoms with Gasteiger partial charge in [-0.05, 0) is 25.5 Å². The third kappa shape index (κ3) is 2.14. The molecule has 2 unspecified atom stereocenters. The highest BCUT2D eigenvalue weighted by Gasteiger charge is 2.26. The molecule has 1 aromatic rings. The maximum atomic E-state index is 13.6. The van der Waals surface area contributed by atoms with Gasteiger partial charge in [-0.25, -0.2) is 4.39 Å². The zero-order chi connectivity index (χ0) is 10.8. The average molecular weight is 230 g/mol. The van der Waals surface area contributed by atoms with E-state index in [0.29, 0.717) is 0 Å². The predicted molar refractivity (Wildman–Crippen MR) is 57.4 cm³/mol. The van der Waals surface area contributed by atoms with Crippen molar-refractivity contribution in [2.24, 2.45) is 0 Å². The first-order chi connectivity index (χ1) is 7.20. The molecule has 1 aromatic carbocycles. The minimum atomic E-state index is -0.814. The summed E-state index contributed by atoms with van der Waals surface area (Å²) in [5.41, 5.74) is 0.280. The van der Waals surface area contributed by atoms with Crippen molar-refractivity contribution >= 4 is 11.6 Å². The number of halogens is 2. The molecular formula is C11H13ClFNO. The van der Waals surface area contributed by atoms with E-state index in [1.807, 2.05) is 0 Å². The molecule has 0 radical (unpaired) electrons. The molecule has 1 aliphatic rings. The van der Waals surface area contributed by atoms with Gasteiger partial charge in [0.15, 0.2) is 0 Å². The van der Waals surface area contributed by atoms with Gasteiger partial charge in [0.05, 0.1) is 11.1 Å². The van der Waals surface area contributed by atoms with E-state index in [9.17, 15) is 9.50 Å². The monoisotopic (exact) mass is 229 g/mol. The molecule has 4 heteroatoms. The molecule has 2 N–H and O–H groups in total. The first kappa shape index (κ1) is 10.9. The normalized spacial score (nSPS) is 23.0. The first-order valence-corrected chi connectivity index (χ1v) is 5.43. The van der Waals surface area contributed by atoms with E-state index in [1.54, 1.807) is 12.1 Å². The summed E-state index contributed by atoms with van der Waals surface area (Å²) < 4.78 is 13.6. The number of nitrogens with one attached hydrogen (secondary N) is 1. The molecule has 1 fully saturated rings. The molecule has 1 heterocycles. The summed E-state index contributed by atoms with van der Waals surface area (Å²) in [5.74, 6) is -0.514. The Morgan fingerprint density at radius 1 is 1.53 bits per heavy atom. The molecule has 1 aliphatic heterocycles. The zero-order valence-electron chi connectivity index (χ0n) is 8.21. The molecule has 0 bridgehead atoms. The lowest BCUT2D eigenvalue weighted by molar-refractivity contribution is 0.133. The van der Waals surface area contributed by atoms with Gasteiger partial charge in [0.25, 0.3) is 0 Å². The Bertz CT molecular complexity index is 352. The van der Waals surface area contributed by atoms with E-state index in [2.05, 4.69) is 5.32 Å². The highest BCUT2D eigenvalue weighted by atomic mass is 35.5. The minimum Gasteiger partial charge on any atom is -0.387 e. The molecule has 2 rings (SSSR count). The van der Waals surface area contributed by atoms with Gasteiger partial charge in [-0.2, -0.15) is 0 Å². The number of benzene rings is 1. The fourth-order valence-electron chi connectivity index (χ4n) is 1.95. The Balaban J connectivity index is 2.24. The van der Waals surface area contributed by atoms with Gasteiger partial charge < -0.3 is 10.4 Å². The van der Waals surface area contributed by atoms with Crippen molar-refractivity contribution in [2.45, 2.75) is 25.0 Å². The van der Waals surface area contributed by atoms with E-state index in [4.69, 9.17) is 11.6 Å². The van der Waals surface area contributed by atoms with Crippen molar-refractivity contribution in [3.63, 3.8) is 0 Å². The van der Waals surface area contributed by atoms with Crippen LogP contribution in [0.15, 0.2) is 18.2 Å². The molecule has 82 valence electrons. The lowest BCUT2D eigenvalue weighted by atomic mass is 10.0. The van der Waals surface area contributed by atoms with E-state index in [0.717, 1.165) is 19.4 Å². The van der Waals surface area contributed by atoms with Crippen molar-refractivity contribution in [3.8, 4) is 0 Å². The molecule has 2 nitrogen and oxygen atoms in total. The van der Waals surface area contributed by atoms with Crippen LogP contribution in [0.2, 0.25) is 5.02 Å². The number of rotatable bonds is 2. The third-order valence-electron chi connectivity index (χ3n) is 2.78. The summed E-state index contributed by atoms with van der Waals surface area (Å²) in [4.78, 5) is 0. The Labute approximate surface area is 93.1 Å². The molecule has 0 amide bonds. The van der Waals surface area contributed by atoms with Crippen LogP contribution in [0.5, 0.6) is 0 Å². The largest absolute Gasteiger partial charge is 0.387 e. The van der Waals surface area contributed by atoms with Gasteiger partial charge in [0.2, 0.25) is 0 Å². The SMILES string of the molecule is OC(c1cccc(Cl)c1F)C1CCCN1. The maximum absolute atomic E-state index is 13.6. The topological polar surface area (TPSA) is 32.3 Å². The molecule has 2 atom stereocenters. The van der Waals surface area contributed by atoms with Crippen molar-refractivity contribution in [3.05, 3.63) is 34.6 Å². The standard InChI is InChI=1S/C11H13ClFNO/c12-8-4-1-3-7(10(8)13)11(15)9-5-2-6-14-9/h1,3-4,9,11,14-15H,2,5-6H2. The molecule has 1 saturated heterocycles. The van der Waals surface area contributed by atoms with Gasteiger partial charge in [0.1, 0.15) is 5.82 Å². The quantitative estimate of drug-likeness (QED) is 0.816. The van der Waals surface area contributed by atoms with Crippen LogP contribution in [0.3, 0.4) is 0 Å². The summed E-state index contributed by atoms with van der Waals surface area (Å²) in [7, 11) is 0. The van der Waals surface area contributed by atoms with Gasteiger partial charge in [-0.1, -0.05) is 23.7 Å². The highest BCUT2D eigenvalue weighted by molar-refractivity contribution is 6.30. The van der Waals surface area contributed by atoms with Crippen molar-refractivity contribution in [2.75, 3.05) is 6.54 Å². The third-order valence-corrected chi connectivity index (χ3v) is 3.07. The van der Waals surface area contributed by atoms with Gasteiger partial charge in [0, 0.05) is 11.6 Å². The minimum absolute atomic E-state index is 0.0574. The second-order valence-electron chi connectivity index (χ2n) is 3.79. The predicted octanol–water partition coefficient (Wildman–Crippen LogP) is 2.26. The summed E-state index contributed by atoms with van der Waals surface area (Å²) in [6.45, 7) is 0.879. The fourth-order valence-corrected chi connectivity index (χ4v) is 2.13. The van der Waals surface area contributed by atoms with Gasteiger partial charge in [-0.15, -0.1) is 0 Å². The first-order valence-electron chi connectivity index (χ1n) is 5.05. The summed E-state index contributed by atoms with van der Waals surface area (Å²) >= 11 is 5.66. The number of hydrogen-bond donors (Lipinski definition) is 2. The van der Waals surface area contributed by atoms with Crippen molar-refractivity contribution in [1.29, 1.82) is 0 Å². The van der Waals surface area contributed by atoms with E-state index in [1.165, 1.54) is 6.07 Å². The lowest BCUT2D eigenvalue weighted by Crippen LogP contribution is -2.29. The van der Waals surface area contributed by atoms with Crippen LogP contribution in [0.25, 0.3) is 0 Å². The van der Waals surface area contributed by atoms with Crippen LogP contribution in [0.1, 0.15) is 24.5 Å². The van der Waals surface area contributed by atoms with Crippen LogP contribution >= 0.6 is 11.6 Å². The van der Waals surface area contributed by atoms with Crippen molar-refractivity contribution < 1.29 is 9.50 Å². The number of aliphatic hydroxyl groups excluding tert-OH is 1. The van der Waals surface area contributed by atoms with Crippen LogP contribution < -0.4 is 5.32 Å². The van der Waals surface area contributed by atoms with Crippen LogP contribution in [-0.2, 0) is 0 Å². The van der Waals surface area contributed by atoms with Gasteiger partial charge >= 0.3 is 0 Å². The Hall–Kier alpha value is -0.640. The van der Waals surface area contributed by atoms with E-state index < -0.39 is 11.9 Å². The highest BCUT2D eigenvalue weighted by Crippen LogP contribution is 2.28. The summed E-state index contributed by atoms with van der Waals surface area (Å²) in [5, 5.41) is 13.2. The second-order valence-corrected chi connectivity index (χ2v) is 4.20. The average Bonchev–Trinajstić information content (AvgIpc) is 2.74. The summed E-state index contributed by atoms with van der Waals surface area (Å²) in [6.07, 6.45) is 1.07. The molecule has 0 aromatic heterocycles.